The van der Waals surface area contributed by atoms with E-state index in [2.05, 4.69) is 10.1 Å². The van der Waals surface area contributed by atoms with E-state index in [0.717, 1.165) is 11.8 Å². The summed E-state index contributed by atoms with van der Waals surface area (Å²) >= 11 is 0.813. The lowest BCUT2D eigenvalue weighted by Crippen LogP contribution is -2.42. The van der Waals surface area contributed by atoms with E-state index in [1.54, 1.807) is 24.3 Å². The summed E-state index contributed by atoms with van der Waals surface area (Å²) in [5.41, 5.74) is 1.08. The van der Waals surface area contributed by atoms with Gasteiger partial charge in [0.25, 0.3) is 17.1 Å². The molecule has 24 heavy (non-hydrogen) atoms. The summed E-state index contributed by atoms with van der Waals surface area (Å²) in [7, 11) is 1.25. The number of benzene rings is 1. The van der Waals surface area contributed by atoms with Crippen LogP contribution in [0.3, 0.4) is 0 Å². The second-order valence-corrected chi connectivity index (χ2v) is 5.94. The first kappa shape index (κ1) is 16.1. The van der Waals surface area contributed by atoms with E-state index < -0.39 is 17.1 Å². The van der Waals surface area contributed by atoms with Crippen LogP contribution in [-0.2, 0) is 19.1 Å². The summed E-state index contributed by atoms with van der Waals surface area (Å²) in [5, 5.41) is 1.75. The number of rotatable bonds is 3. The van der Waals surface area contributed by atoms with Crippen molar-refractivity contribution in [3.05, 3.63) is 28.7 Å². The number of anilines is 1. The van der Waals surface area contributed by atoms with Gasteiger partial charge in [-0.25, -0.2) is 0 Å². The molecule has 1 saturated heterocycles. The van der Waals surface area contributed by atoms with E-state index in [1.807, 2.05) is 0 Å². The highest BCUT2D eigenvalue weighted by Gasteiger charge is 2.28. The Kier molecular flexibility index (Phi) is 4.26. The highest BCUT2D eigenvalue weighted by Crippen LogP contribution is 2.34. The highest BCUT2D eigenvalue weighted by atomic mass is 32.2. The number of hydrogen-bond acceptors (Lipinski definition) is 7. The van der Waals surface area contributed by atoms with Crippen LogP contribution >= 0.6 is 11.8 Å². The average Bonchev–Trinajstić information content (AvgIpc) is 2.87. The number of ether oxygens (including phenoxy) is 2. The molecule has 124 valence electrons. The first-order valence-electron chi connectivity index (χ1n) is 6.87. The molecule has 2 aliphatic heterocycles. The summed E-state index contributed by atoms with van der Waals surface area (Å²) < 4.78 is 9.98. The van der Waals surface area contributed by atoms with Crippen LogP contribution in [0.1, 0.15) is 5.56 Å². The van der Waals surface area contributed by atoms with Crippen molar-refractivity contribution in [2.24, 2.45) is 0 Å². The van der Waals surface area contributed by atoms with Crippen molar-refractivity contribution in [3.8, 4) is 5.75 Å². The monoisotopic (exact) mass is 348 g/mol. The van der Waals surface area contributed by atoms with Crippen LogP contribution in [0, 0.1) is 0 Å². The molecule has 1 aromatic rings. The lowest BCUT2D eigenvalue weighted by Gasteiger charge is -2.28. The van der Waals surface area contributed by atoms with Crippen molar-refractivity contribution in [1.82, 2.24) is 5.32 Å². The maximum atomic E-state index is 11.9. The Bertz CT molecular complexity index is 788. The van der Waals surface area contributed by atoms with Gasteiger partial charge >= 0.3 is 5.97 Å². The predicted octanol–water partition coefficient (Wildman–Crippen LogP) is 0.909. The van der Waals surface area contributed by atoms with Gasteiger partial charge < -0.3 is 9.47 Å². The van der Waals surface area contributed by atoms with Gasteiger partial charge in [-0.1, -0.05) is 6.07 Å². The van der Waals surface area contributed by atoms with E-state index in [4.69, 9.17) is 4.74 Å². The summed E-state index contributed by atoms with van der Waals surface area (Å²) in [4.78, 5) is 47.7. The molecule has 0 bridgehead atoms. The van der Waals surface area contributed by atoms with Gasteiger partial charge in [-0.2, -0.15) is 0 Å². The van der Waals surface area contributed by atoms with Gasteiger partial charge in [0.1, 0.15) is 12.3 Å². The third-order valence-corrected chi connectivity index (χ3v) is 4.19. The molecule has 0 aliphatic carbocycles. The molecule has 0 radical (unpaired) electrons. The zero-order valence-electron chi connectivity index (χ0n) is 12.5. The first-order valence-corrected chi connectivity index (χ1v) is 7.68. The maximum Gasteiger partial charge on any atom is 0.325 e. The average molecular weight is 348 g/mol. The Morgan fingerprint density at radius 2 is 2.21 bits per heavy atom. The van der Waals surface area contributed by atoms with Crippen LogP contribution in [-0.4, -0.2) is 43.3 Å². The molecular formula is C15H12N2O6S. The molecule has 9 heteroatoms. The van der Waals surface area contributed by atoms with Gasteiger partial charge in [-0.3, -0.25) is 29.4 Å². The summed E-state index contributed by atoms with van der Waals surface area (Å²) in [5.74, 6) is -0.941. The Balaban J connectivity index is 1.90. The van der Waals surface area contributed by atoms with Gasteiger partial charge in [0.2, 0.25) is 0 Å². The molecule has 2 heterocycles. The van der Waals surface area contributed by atoms with Crippen molar-refractivity contribution in [2.75, 3.05) is 25.2 Å². The van der Waals surface area contributed by atoms with Crippen molar-refractivity contribution in [2.45, 2.75) is 0 Å². The summed E-state index contributed by atoms with van der Waals surface area (Å²) in [6.45, 7) is -0.406. The quantitative estimate of drug-likeness (QED) is 0.640. The number of carbonyl (C=O) groups is 4. The lowest BCUT2D eigenvalue weighted by molar-refractivity contribution is -0.140. The standard InChI is InChI=1S/C15H12N2O6S/c1-22-13(19)6-17-9-3-2-8(4-10(9)23-7-12(17)18)5-11-14(20)16-15(21)24-11/h2-5H,6-7H2,1H3,(H,16,20,21)/b11-5-. The number of carbonyl (C=O) groups excluding carboxylic acids is 4. The molecular weight excluding hydrogens is 336 g/mol. The molecule has 0 saturated carbocycles. The molecule has 1 fully saturated rings. The molecule has 0 aromatic heterocycles. The smallest absolute Gasteiger partial charge is 0.325 e. The molecule has 0 unspecified atom stereocenters. The number of nitrogens with one attached hydrogen (secondary N) is 1. The molecule has 1 aromatic carbocycles. The van der Waals surface area contributed by atoms with Gasteiger partial charge in [0.05, 0.1) is 17.7 Å². The zero-order valence-corrected chi connectivity index (χ0v) is 13.3. The normalized spacial score (nSPS) is 18.3. The van der Waals surface area contributed by atoms with E-state index in [1.165, 1.54) is 12.0 Å². The molecule has 2 aliphatic rings. The van der Waals surface area contributed by atoms with Crippen LogP contribution in [0.5, 0.6) is 5.75 Å². The van der Waals surface area contributed by atoms with Crippen molar-refractivity contribution >= 4 is 46.5 Å². The number of esters is 1. The molecule has 8 nitrogen and oxygen atoms in total. The van der Waals surface area contributed by atoms with E-state index in [0.29, 0.717) is 17.0 Å². The molecule has 0 atom stereocenters. The predicted molar refractivity (Wildman–Crippen MR) is 85.4 cm³/mol. The van der Waals surface area contributed by atoms with Crippen LogP contribution in [0.2, 0.25) is 0 Å². The first-order chi connectivity index (χ1) is 11.5. The molecule has 3 rings (SSSR count). The minimum atomic E-state index is -0.542. The Hall–Kier alpha value is -2.81. The van der Waals surface area contributed by atoms with Crippen molar-refractivity contribution in [1.29, 1.82) is 0 Å². The van der Waals surface area contributed by atoms with Gasteiger partial charge in [-0.15, -0.1) is 0 Å². The number of thioether (sulfide) groups is 1. The fraction of sp³-hybridized carbons (Fsp3) is 0.200. The number of fused-ring (bicyclic) bond motifs is 1. The topological polar surface area (TPSA) is 102 Å². The van der Waals surface area contributed by atoms with Gasteiger partial charge in [-0.05, 0) is 35.5 Å². The number of hydrogen-bond donors (Lipinski definition) is 1. The number of amides is 3. The van der Waals surface area contributed by atoms with E-state index in [-0.39, 0.29) is 24.0 Å². The summed E-state index contributed by atoms with van der Waals surface area (Å²) in [6, 6.07) is 4.91. The number of imide groups is 1. The van der Waals surface area contributed by atoms with Crippen LogP contribution in [0.25, 0.3) is 6.08 Å². The number of nitrogens with zero attached hydrogens (tertiary/aromatic N) is 1. The second kappa shape index (κ2) is 6.36. The third-order valence-electron chi connectivity index (χ3n) is 3.38. The third kappa shape index (κ3) is 3.11. The van der Waals surface area contributed by atoms with Gasteiger partial charge in [0.15, 0.2) is 6.61 Å². The van der Waals surface area contributed by atoms with E-state index >= 15 is 0 Å². The number of methoxy groups -OCH3 is 1. The Morgan fingerprint density at radius 1 is 1.42 bits per heavy atom. The van der Waals surface area contributed by atoms with Crippen LogP contribution < -0.4 is 15.0 Å². The molecule has 1 N–H and O–H groups in total. The van der Waals surface area contributed by atoms with E-state index in [9.17, 15) is 19.2 Å². The largest absolute Gasteiger partial charge is 0.482 e. The minimum Gasteiger partial charge on any atom is -0.482 e. The zero-order chi connectivity index (χ0) is 17.3. The molecule has 0 spiro atoms. The molecule has 3 amide bonds. The lowest BCUT2D eigenvalue weighted by atomic mass is 10.1. The van der Waals surface area contributed by atoms with Crippen molar-refractivity contribution < 1.29 is 28.7 Å². The van der Waals surface area contributed by atoms with Gasteiger partial charge in [0, 0.05) is 0 Å². The van der Waals surface area contributed by atoms with Crippen LogP contribution in [0.4, 0.5) is 10.5 Å². The minimum absolute atomic E-state index is 0.197. The fourth-order valence-electron chi connectivity index (χ4n) is 2.25. The second-order valence-electron chi connectivity index (χ2n) is 4.92. The van der Waals surface area contributed by atoms with Crippen LogP contribution in [0.15, 0.2) is 23.1 Å². The SMILES string of the molecule is COC(=O)CN1C(=O)COc2cc(/C=C3\SC(=O)NC3=O)ccc21. The van der Waals surface area contributed by atoms with Crippen molar-refractivity contribution in [3.63, 3.8) is 0 Å². The Morgan fingerprint density at radius 3 is 2.88 bits per heavy atom. The highest BCUT2D eigenvalue weighted by molar-refractivity contribution is 8.18. The maximum absolute atomic E-state index is 11.9. The fourth-order valence-corrected chi connectivity index (χ4v) is 2.93. The Labute approximate surface area is 140 Å². The summed E-state index contributed by atoms with van der Waals surface area (Å²) in [6.07, 6.45) is 1.55.